The lowest BCUT2D eigenvalue weighted by Gasteiger charge is -2.28. The topological polar surface area (TPSA) is 128 Å². The highest BCUT2D eigenvalue weighted by atomic mass is 35.5. The number of aliphatic carboxylic acids is 2. The van der Waals surface area contributed by atoms with E-state index in [0.717, 1.165) is 48.6 Å². The first-order valence-electron chi connectivity index (χ1n) is 14.2. The van der Waals surface area contributed by atoms with Gasteiger partial charge in [-0.1, -0.05) is 60.1 Å². The van der Waals surface area contributed by atoms with Gasteiger partial charge < -0.3 is 29.6 Å². The van der Waals surface area contributed by atoms with Gasteiger partial charge in [-0.3, -0.25) is 4.79 Å². The summed E-state index contributed by atoms with van der Waals surface area (Å²) >= 11 is 6.42. The van der Waals surface area contributed by atoms with Gasteiger partial charge in [0.05, 0.1) is 36.3 Å². The molecule has 0 bridgehead atoms. The van der Waals surface area contributed by atoms with Crippen molar-refractivity contribution in [2.45, 2.75) is 19.4 Å². The monoisotopic (exact) mass is 633 g/mol. The maximum atomic E-state index is 13.9. The van der Waals surface area contributed by atoms with Gasteiger partial charge in [0, 0.05) is 36.3 Å². The summed E-state index contributed by atoms with van der Waals surface area (Å²) in [6.07, 6.45) is 6.24. The summed E-state index contributed by atoms with van der Waals surface area (Å²) in [6, 6.07) is 23.6. The molecule has 1 heterocycles. The number of likely N-dealkylation sites (N-methyl/N-ethyl adjacent to an activating group) is 1. The molecular formula is C34H36ClN3O7. The number of carboxylic acids is 2. The van der Waals surface area contributed by atoms with Crippen molar-refractivity contribution in [2.75, 3.05) is 43.6 Å². The second-order valence-electron chi connectivity index (χ2n) is 10.1. The molecule has 1 aliphatic rings. The normalized spacial score (nSPS) is 12.4. The minimum atomic E-state index is -1.26. The molecule has 3 aromatic rings. The standard InChI is InChI=1S/C30H32ClN3O3.C4H4O4/c1-32(19-10-15-29(35)37-2)18-8-9-20-33-26-13-6-7-14-27(26)34(22-23-11-4-3-5-12-23)30(36)25-17-16-24(31)21-28(25)33;5-3(6)1-2-4(7)8/h3-7,10-17,21H,8-9,18-20,22H2,1-2H3;1-2H,(H,5,6)(H,7,8)/b15-10+;2-1-. The Kier molecular flexibility index (Phi) is 13.4. The van der Waals surface area contributed by atoms with E-state index in [4.69, 9.17) is 21.8 Å². The Labute approximate surface area is 267 Å². The molecule has 0 saturated heterocycles. The minimum absolute atomic E-state index is 0.0393. The number of rotatable bonds is 12. The number of benzene rings is 3. The highest BCUT2D eigenvalue weighted by Gasteiger charge is 2.31. The van der Waals surface area contributed by atoms with Crippen LogP contribution in [0, 0.1) is 0 Å². The van der Waals surface area contributed by atoms with Crippen molar-refractivity contribution in [1.29, 1.82) is 0 Å². The predicted octanol–water partition coefficient (Wildman–Crippen LogP) is 5.79. The fraction of sp³-hybridized carbons (Fsp3) is 0.235. The van der Waals surface area contributed by atoms with Crippen LogP contribution in [-0.4, -0.2) is 72.7 Å². The van der Waals surface area contributed by atoms with Crippen LogP contribution in [0.1, 0.15) is 28.8 Å². The van der Waals surface area contributed by atoms with Gasteiger partial charge in [0.15, 0.2) is 0 Å². The number of para-hydroxylation sites is 2. The molecule has 0 atom stereocenters. The summed E-state index contributed by atoms with van der Waals surface area (Å²) in [5.74, 6) is -2.90. The zero-order valence-corrected chi connectivity index (χ0v) is 25.9. The van der Waals surface area contributed by atoms with Crippen LogP contribution in [0.3, 0.4) is 0 Å². The first-order chi connectivity index (χ1) is 21.6. The minimum Gasteiger partial charge on any atom is -0.478 e. The van der Waals surface area contributed by atoms with E-state index in [2.05, 4.69) is 20.6 Å². The summed E-state index contributed by atoms with van der Waals surface area (Å²) < 4.78 is 4.64. The Morgan fingerprint density at radius 3 is 2.09 bits per heavy atom. The van der Waals surface area contributed by atoms with E-state index in [-0.39, 0.29) is 11.9 Å². The molecule has 45 heavy (non-hydrogen) atoms. The number of unbranched alkanes of at least 4 members (excludes halogenated alkanes) is 1. The molecule has 4 rings (SSSR count). The van der Waals surface area contributed by atoms with Crippen molar-refractivity contribution in [3.8, 4) is 0 Å². The van der Waals surface area contributed by atoms with Crippen molar-refractivity contribution in [3.05, 3.63) is 113 Å². The van der Waals surface area contributed by atoms with Crippen molar-refractivity contribution >= 4 is 52.5 Å². The number of fused-ring (bicyclic) bond motifs is 2. The van der Waals surface area contributed by atoms with E-state index >= 15 is 0 Å². The Hall–Kier alpha value is -4.93. The second-order valence-corrected chi connectivity index (χ2v) is 10.5. The van der Waals surface area contributed by atoms with Gasteiger partial charge in [-0.15, -0.1) is 0 Å². The molecule has 0 aliphatic carbocycles. The third-order valence-corrected chi connectivity index (χ3v) is 7.02. The molecule has 0 aromatic heterocycles. The van der Waals surface area contributed by atoms with Crippen LogP contribution < -0.4 is 9.80 Å². The highest BCUT2D eigenvalue weighted by Crippen LogP contribution is 2.42. The SMILES string of the molecule is COC(=O)/C=C/CN(C)CCCCN1c2cc(Cl)ccc2C(=O)N(Cc2ccccc2)c2ccccc21.O=C(O)/C=C\C(=O)O. The number of nitrogens with zero attached hydrogens (tertiary/aromatic N) is 3. The predicted molar refractivity (Wildman–Crippen MR) is 174 cm³/mol. The fourth-order valence-corrected chi connectivity index (χ4v) is 4.83. The van der Waals surface area contributed by atoms with Gasteiger partial charge in [0.25, 0.3) is 5.91 Å². The maximum absolute atomic E-state index is 13.9. The lowest BCUT2D eigenvalue weighted by Crippen LogP contribution is -2.29. The zero-order valence-electron chi connectivity index (χ0n) is 25.1. The van der Waals surface area contributed by atoms with E-state index in [1.54, 1.807) is 6.07 Å². The maximum Gasteiger partial charge on any atom is 0.330 e. The van der Waals surface area contributed by atoms with Crippen LogP contribution in [0.5, 0.6) is 0 Å². The van der Waals surface area contributed by atoms with Crippen molar-refractivity contribution in [2.24, 2.45) is 0 Å². The molecule has 11 heteroatoms. The van der Waals surface area contributed by atoms with Gasteiger partial charge in [-0.25, -0.2) is 14.4 Å². The number of hydrogen-bond acceptors (Lipinski definition) is 7. The molecule has 10 nitrogen and oxygen atoms in total. The van der Waals surface area contributed by atoms with Crippen LogP contribution in [0.15, 0.2) is 97.1 Å². The first-order valence-corrected chi connectivity index (χ1v) is 14.6. The van der Waals surface area contributed by atoms with Crippen LogP contribution in [0.25, 0.3) is 0 Å². The largest absolute Gasteiger partial charge is 0.478 e. The molecule has 0 radical (unpaired) electrons. The van der Waals surface area contributed by atoms with Gasteiger partial charge in [0.2, 0.25) is 0 Å². The number of carbonyl (C=O) groups is 4. The molecule has 0 saturated carbocycles. The van der Waals surface area contributed by atoms with E-state index in [1.807, 2.05) is 78.7 Å². The number of amides is 1. The third-order valence-electron chi connectivity index (χ3n) is 6.79. The smallest absolute Gasteiger partial charge is 0.330 e. The average Bonchev–Trinajstić information content (AvgIpc) is 3.11. The van der Waals surface area contributed by atoms with Gasteiger partial charge in [-0.2, -0.15) is 0 Å². The number of methoxy groups -OCH3 is 1. The van der Waals surface area contributed by atoms with Crippen LogP contribution >= 0.6 is 11.6 Å². The van der Waals surface area contributed by atoms with Gasteiger partial charge >= 0.3 is 17.9 Å². The molecule has 3 aromatic carbocycles. The third kappa shape index (κ3) is 10.6. The zero-order chi connectivity index (χ0) is 32.8. The van der Waals surface area contributed by atoms with E-state index in [1.165, 1.54) is 13.2 Å². The lowest BCUT2D eigenvalue weighted by molar-refractivity contribution is -0.135. The van der Waals surface area contributed by atoms with E-state index < -0.39 is 11.9 Å². The molecule has 0 unspecified atom stereocenters. The number of halogens is 1. The van der Waals surface area contributed by atoms with Crippen LogP contribution in [0.2, 0.25) is 5.02 Å². The molecule has 1 amide bonds. The quantitative estimate of drug-likeness (QED) is 0.145. The second kappa shape index (κ2) is 17.4. The van der Waals surface area contributed by atoms with Gasteiger partial charge in [-0.05, 0) is 62.3 Å². The summed E-state index contributed by atoms with van der Waals surface area (Å²) in [5.41, 5.74) is 4.41. The summed E-state index contributed by atoms with van der Waals surface area (Å²) in [5, 5.41) is 16.2. The molecule has 0 fully saturated rings. The molecule has 2 N–H and O–H groups in total. The Bertz CT molecular complexity index is 1530. The number of carboxylic acid groups (broad SMARTS) is 2. The van der Waals surface area contributed by atoms with Crippen LogP contribution in [0.4, 0.5) is 17.1 Å². The van der Waals surface area contributed by atoms with Crippen molar-refractivity contribution in [1.82, 2.24) is 4.90 Å². The van der Waals surface area contributed by atoms with E-state index in [9.17, 15) is 19.2 Å². The fourth-order valence-electron chi connectivity index (χ4n) is 4.66. The van der Waals surface area contributed by atoms with Crippen LogP contribution in [-0.2, 0) is 25.7 Å². The van der Waals surface area contributed by atoms with Crippen molar-refractivity contribution in [3.63, 3.8) is 0 Å². The summed E-state index contributed by atoms with van der Waals surface area (Å²) in [4.78, 5) is 50.5. The molecule has 1 aliphatic heterocycles. The van der Waals surface area contributed by atoms with E-state index in [0.29, 0.717) is 35.8 Å². The van der Waals surface area contributed by atoms with Crippen molar-refractivity contribution < 1.29 is 34.1 Å². The Balaban J connectivity index is 0.000000610. The Morgan fingerprint density at radius 2 is 1.47 bits per heavy atom. The Morgan fingerprint density at radius 1 is 0.844 bits per heavy atom. The number of ether oxygens (including phenoxy) is 1. The lowest BCUT2D eigenvalue weighted by atomic mass is 10.1. The number of esters is 1. The first kappa shape index (κ1) is 34.6. The summed E-state index contributed by atoms with van der Waals surface area (Å²) in [6.45, 7) is 2.77. The summed E-state index contributed by atoms with van der Waals surface area (Å²) in [7, 11) is 3.40. The number of anilines is 3. The molecular weight excluding hydrogens is 598 g/mol. The molecule has 0 spiro atoms. The number of hydrogen-bond donors (Lipinski definition) is 2. The van der Waals surface area contributed by atoms with Gasteiger partial charge in [0.1, 0.15) is 0 Å². The molecule has 236 valence electrons. The number of carbonyl (C=O) groups excluding carboxylic acids is 2. The average molecular weight is 634 g/mol. The highest BCUT2D eigenvalue weighted by molar-refractivity contribution is 6.31.